The van der Waals surface area contributed by atoms with Gasteiger partial charge in [-0.05, 0) is 111 Å². The van der Waals surface area contributed by atoms with E-state index in [1.807, 2.05) is 6.92 Å². The van der Waals surface area contributed by atoms with Crippen molar-refractivity contribution in [2.24, 2.45) is 52.3 Å². The van der Waals surface area contributed by atoms with Gasteiger partial charge in [0.15, 0.2) is 0 Å². The third-order valence-electron chi connectivity index (χ3n) is 10.8. The third-order valence-corrected chi connectivity index (χ3v) is 10.8. The second-order valence-corrected chi connectivity index (χ2v) is 11.8. The molecule has 4 aliphatic carbocycles. The molecule has 9 atom stereocenters. The number of carboxylic acids is 1. The van der Waals surface area contributed by atoms with E-state index in [0.717, 1.165) is 42.4 Å². The normalized spacial score (nSPS) is 47.5. The van der Waals surface area contributed by atoms with Gasteiger partial charge in [0.2, 0.25) is 0 Å². The second kappa shape index (κ2) is 7.62. The first kappa shape index (κ1) is 20.7. The summed E-state index contributed by atoms with van der Waals surface area (Å²) in [5.74, 6) is 4.40. The molecule has 4 saturated carbocycles. The Morgan fingerprint density at radius 2 is 1.71 bits per heavy atom. The lowest BCUT2D eigenvalue weighted by Crippen LogP contribution is -2.53. The Labute approximate surface area is 173 Å². The molecule has 4 rings (SSSR count). The summed E-state index contributed by atoms with van der Waals surface area (Å²) in [6, 6.07) is 0. The molecular formula is C26H44O2. The van der Waals surface area contributed by atoms with Crippen LogP contribution >= 0.6 is 0 Å². The molecule has 28 heavy (non-hydrogen) atoms. The summed E-state index contributed by atoms with van der Waals surface area (Å²) >= 11 is 0. The van der Waals surface area contributed by atoms with Gasteiger partial charge in [0.25, 0.3) is 0 Å². The highest BCUT2D eigenvalue weighted by Gasteiger charge is 2.60. The predicted molar refractivity (Wildman–Crippen MR) is 115 cm³/mol. The number of hydrogen-bond donors (Lipinski definition) is 1. The van der Waals surface area contributed by atoms with E-state index in [2.05, 4.69) is 20.8 Å². The van der Waals surface area contributed by atoms with Crippen molar-refractivity contribution >= 4 is 5.97 Å². The monoisotopic (exact) mass is 388 g/mol. The van der Waals surface area contributed by atoms with E-state index in [0.29, 0.717) is 16.7 Å². The molecule has 0 aliphatic heterocycles. The molecule has 4 aliphatic rings. The van der Waals surface area contributed by atoms with Crippen LogP contribution < -0.4 is 0 Å². The first-order valence-corrected chi connectivity index (χ1v) is 12.5. The largest absolute Gasteiger partial charge is 0.481 e. The number of carbonyl (C=O) groups is 1. The lowest BCUT2D eigenvalue weighted by Gasteiger charge is -2.61. The number of aliphatic carboxylic acids is 1. The molecule has 2 nitrogen and oxygen atoms in total. The Kier molecular flexibility index (Phi) is 5.64. The van der Waals surface area contributed by atoms with Gasteiger partial charge in [-0.2, -0.15) is 0 Å². The van der Waals surface area contributed by atoms with Crippen molar-refractivity contribution in [3.63, 3.8) is 0 Å². The van der Waals surface area contributed by atoms with E-state index in [-0.39, 0.29) is 5.92 Å². The zero-order valence-corrected chi connectivity index (χ0v) is 18.9. The van der Waals surface area contributed by atoms with Gasteiger partial charge in [-0.1, -0.05) is 40.5 Å². The maximum Gasteiger partial charge on any atom is 0.306 e. The first-order valence-electron chi connectivity index (χ1n) is 12.5. The van der Waals surface area contributed by atoms with E-state index >= 15 is 0 Å². The standard InChI is InChI=1S/C26H44O2/c1-5-18(24(27)28)16-17(2)21-11-12-22-20-10-9-19-8-6-7-14-25(19,3)23(20)13-15-26(21,22)4/h17-23H,5-16H2,1-4H3,(H,27,28)/t17?,18?,19-,20-,21+,22-,23-,25-,26+/m0/s1. The maximum atomic E-state index is 11.6. The van der Waals surface area contributed by atoms with Crippen LogP contribution in [0.15, 0.2) is 0 Å². The molecule has 4 fully saturated rings. The molecule has 0 spiro atoms. The molecule has 2 heteroatoms. The van der Waals surface area contributed by atoms with Crippen LogP contribution in [0.1, 0.15) is 105 Å². The van der Waals surface area contributed by atoms with Crippen molar-refractivity contribution in [2.75, 3.05) is 0 Å². The topological polar surface area (TPSA) is 37.3 Å². The van der Waals surface area contributed by atoms with Gasteiger partial charge < -0.3 is 5.11 Å². The van der Waals surface area contributed by atoms with E-state index in [4.69, 9.17) is 0 Å². The third kappa shape index (κ3) is 3.16. The smallest absolute Gasteiger partial charge is 0.306 e. The summed E-state index contributed by atoms with van der Waals surface area (Å²) in [5, 5.41) is 9.55. The minimum atomic E-state index is -0.582. The Balaban J connectivity index is 1.51. The highest BCUT2D eigenvalue weighted by Crippen LogP contribution is 2.68. The number of carboxylic acid groups (broad SMARTS) is 1. The average Bonchev–Trinajstić information content (AvgIpc) is 3.02. The molecule has 2 unspecified atom stereocenters. The lowest BCUT2D eigenvalue weighted by atomic mass is 9.44. The molecule has 0 aromatic carbocycles. The maximum absolute atomic E-state index is 11.6. The number of fused-ring (bicyclic) bond motifs is 5. The highest BCUT2D eigenvalue weighted by atomic mass is 16.4. The van der Waals surface area contributed by atoms with E-state index in [1.54, 1.807) is 0 Å². The van der Waals surface area contributed by atoms with Gasteiger partial charge in [-0.25, -0.2) is 0 Å². The van der Waals surface area contributed by atoms with Crippen molar-refractivity contribution in [3.05, 3.63) is 0 Å². The summed E-state index contributed by atoms with van der Waals surface area (Å²) in [5.41, 5.74) is 1.10. The first-order chi connectivity index (χ1) is 13.3. The predicted octanol–water partition coefficient (Wildman–Crippen LogP) is 7.17. The molecule has 0 aromatic heterocycles. The van der Waals surface area contributed by atoms with Crippen LogP contribution in [0.25, 0.3) is 0 Å². The van der Waals surface area contributed by atoms with Crippen LogP contribution in [0, 0.1) is 52.3 Å². The molecule has 0 bridgehead atoms. The minimum Gasteiger partial charge on any atom is -0.481 e. The zero-order chi connectivity index (χ0) is 20.1. The van der Waals surface area contributed by atoms with Gasteiger partial charge in [0, 0.05) is 0 Å². The van der Waals surface area contributed by atoms with Crippen molar-refractivity contribution in [1.29, 1.82) is 0 Å². The number of hydrogen-bond acceptors (Lipinski definition) is 1. The van der Waals surface area contributed by atoms with Gasteiger partial charge in [0.05, 0.1) is 5.92 Å². The molecule has 1 N–H and O–H groups in total. The summed E-state index contributed by atoms with van der Waals surface area (Å²) in [4.78, 5) is 11.6. The van der Waals surface area contributed by atoms with Crippen molar-refractivity contribution in [3.8, 4) is 0 Å². The Morgan fingerprint density at radius 1 is 0.964 bits per heavy atom. The average molecular weight is 389 g/mol. The Bertz CT molecular complexity index is 585. The fourth-order valence-electron chi connectivity index (χ4n) is 9.33. The molecule has 0 radical (unpaired) electrons. The second-order valence-electron chi connectivity index (χ2n) is 11.8. The quantitative estimate of drug-likeness (QED) is 0.542. The molecule has 160 valence electrons. The summed E-state index contributed by atoms with van der Waals surface area (Å²) in [7, 11) is 0. The van der Waals surface area contributed by atoms with E-state index in [9.17, 15) is 9.90 Å². The van der Waals surface area contributed by atoms with Gasteiger partial charge >= 0.3 is 5.97 Å². The molecule has 0 saturated heterocycles. The number of rotatable bonds is 5. The molecule has 0 heterocycles. The fraction of sp³-hybridized carbons (Fsp3) is 0.962. The molecule has 0 amide bonds. The van der Waals surface area contributed by atoms with Crippen LogP contribution in [-0.2, 0) is 4.79 Å². The van der Waals surface area contributed by atoms with Crippen LogP contribution in [-0.4, -0.2) is 11.1 Å². The Morgan fingerprint density at radius 3 is 2.43 bits per heavy atom. The molecule has 0 aromatic rings. The van der Waals surface area contributed by atoms with Crippen LogP contribution in [0.5, 0.6) is 0 Å². The van der Waals surface area contributed by atoms with Gasteiger partial charge in [-0.3, -0.25) is 4.79 Å². The van der Waals surface area contributed by atoms with Crippen molar-refractivity contribution < 1.29 is 9.90 Å². The van der Waals surface area contributed by atoms with Crippen LogP contribution in [0.3, 0.4) is 0 Å². The Hall–Kier alpha value is -0.530. The van der Waals surface area contributed by atoms with Crippen LogP contribution in [0.4, 0.5) is 0 Å². The highest BCUT2D eigenvalue weighted by molar-refractivity contribution is 5.69. The van der Waals surface area contributed by atoms with E-state index in [1.165, 1.54) is 64.2 Å². The van der Waals surface area contributed by atoms with Crippen LogP contribution in [0.2, 0.25) is 0 Å². The van der Waals surface area contributed by atoms with Crippen molar-refractivity contribution in [1.82, 2.24) is 0 Å². The SMILES string of the molecule is CCC(CC(C)[C@H]1CC[C@H]2[C@@H]3CC[C@@H]4CCCC[C@]4(C)[C@H]3CC[C@]12C)C(=O)O. The van der Waals surface area contributed by atoms with E-state index < -0.39 is 5.97 Å². The summed E-state index contributed by atoms with van der Waals surface area (Å²) in [6.45, 7) is 9.69. The van der Waals surface area contributed by atoms with Gasteiger partial charge in [0.1, 0.15) is 0 Å². The molecular weight excluding hydrogens is 344 g/mol. The fourth-order valence-corrected chi connectivity index (χ4v) is 9.33. The minimum absolute atomic E-state index is 0.148. The summed E-state index contributed by atoms with van der Waals surface area (Å²) in [6.07, 6.45) is 16.2. The summed E-state index contributed by atoms with van der Waals surface area (Å²) < 4.78 is 0. The van der Waals surface area contributed by atoms with Gasteiger partial charge in [-0.15, -0.1) is 0 Å². The lowest BCUT2D eigenvalue weighted by molar-refractivity contribution is -0.143. The van der Waals surface area contributed by atoms with Crippen molar-refractivity contribution in [2.45, 2.75) is 105 Å². The zero-order valence-electron chi connectivity index (χ0n) is 18.9.